The van der Waals surface area contributed by atoms with E-state index in [4.69, 9.17) is 0 Å². The van der Waals surface area contributed by atoms with E-state index in [0.717, 1.165) is 31.5 Å². The third kappa shape index (κ3) is 6.43. The quantitative estimate of drug-likeness (QED) is 0.761. The summed E-state index contributed by atoms with van der Waals surface area (Å²) in [5.74, 6) is -0.000237. The predicted octanol–water partition coefficient (Wildman–Crippen LogP) is 3.02. The smallest absolute Gasteiger partial charge is 0.245 e. The predicted molar refractivity (Wildman–Crippen MR) is 94.1 cm³/mol. The maximum Gasteiger partial charge on any atom is 0.245 e. The maximum atomic E-state index is 12.8. The van der Waals surface area contributed by atoms with E-state index in [9.17, 15) is 9.59 Å². The van der Waals surface area contributed by atoms with Crippen molar-refractivity contribution in [2.45, 2.75) is 53.0 Å². The molecular weight excluding hydrogens is 288 g/mol. The molecule has 0 radical (unpaired) electrons. The second-order valence-corrected chi connectivity index (χ2v) is 6.28. The minimum atomic E-state index is -0.454. The monoisotopic (exact) mass is 318 g/mol. The van der Waals surface area contributed by atoms with Crippen molar-refractivity contribution < 1.29 is 9.59 Å². The van der Waals surface area contributed by atoms with Gasteiger partial charge in [-0.15, -0.1) is 0 Å². The van der Waals surface area contributed by atoms with Crippen LogP contribution in [0.5, 0.6) is 0 Å². The van der Waals surface area contributed by atoms with Gasteiger partial charge in [-0.1, -0.05) is 58.0 Å². The van der Waals surface area contributed by atoms with Gasteiger partial charge in [0.1, 0.15) is 6.04 Å². The van der Waals surface area contributed by atoms with Gasteiger partial charge in [0.25, 0.3) is 0 Å². The van der Waals surface area contributed by atoms with Crippen LogP contribution in [-0.2, 0) is 16.0 Å². The van der Waals surface area contributed by atoms with E-state index in [1.165, 1.54) is 0 Å². The van der Waals surface area contributed by atoms with Crippen molar-refractivity contribution in [3.63, 3.8) is 0 Å². The van der Waals surface area contributed by atoms with Crippen LogP contribution >= 0.6 is 0 Å². The average Bonchev–Trinajstić information content (AvgIpc) is 2.52. The first kappa shape index (κ1) is 19.2. The topological polar surface area (TPSA) is 49.4 Å². The Morgan fingerprint density at radius 1 is 1.04 bits per heavy atom. The van der Waals surface area contributed by atoms with Gasteiger partial charge in [-0.05, 0) is 24.3 Å². The molecule has 1 unspecified atom stereocenters. The van der Waals surface area contributed by atoms with Crippen LogP contribution in [-0.4, -0.2) is 35.8 Å². The van der Waals surface area contributed by atoms with Crippen LogP contribution in [0.25, 0.3) is 0 Å². The summed E-state index contributed by atoms with van der Waals surface area (Å²) in [6.07, 6.45) is 2.15. The summed E-state index contributed by atoms with van der Waals surface area (Å²) in [4.78, 5) is 26.9. The normalized spacial score (nSPS) is 12.0. The van der Waals surface area contributed by atoms with Crippen LogP contribution in [0, 0.1) is 5.92 Å². The molecule has 23 heavy (non-hydrogen) atoms. The van der Waals surface area contributed by atoms with E-state index in [1.54, 1.807) is 0 Å². The van der Waals surface area contributed by atoms with Crippen molar-refractivity contribution >= 4 is 11.8 Å². The fraction of sp³-hybridized carbons (Fsp3) is 0.579. The van der Waals surface area contributed by atoms with Crippen LogP contribution in [0.15, 0.2) is 30.3 Å². The molecule has 1 atom stereocenters. The summed E-state index contributed by atoms with van der Waals surface area (Å²) in [5.41, 5.74) is 0.957. The summed E-state index contributed by atoms with van der Waals surface area (Å²) in [6, 6.07) is 9.15. The van der Waals surface area contributed by atoms with Crippen LogP contribution < -0.4 is 5.32 Å². The Bertz CT molecular complexity index is 479. The van der Waals surface area contributed by atoms with Gasteiger partial charge in [0.05, 0.1) is 6.42 Å². The van der Waals surface area contributed by atoms with Gasteiger partial charge in [0.2, 0.25) is 11.8 Å². The lowest BCUT2D eigenvalue weighted by Crippen LogP contribution is -2.52. The fourth-order valence-corrected chi connectivity index (χ4v) is 2.59. The largest absolute Gasteiger partial charge is 0.344 e. The molecule has 0 saturated heterocycles. The van der Waals surface area contributed by atoms with E-state index in [1.807, 2.05) is 49.1 Å². The average molecular weight is 318 g/mol. The van der Waals surface area contributed by atoms with Crippen molar-refractivity contribution in [2.24, 2.45) is 5.92 Å². The van der Waals surface area contributed by atoms with Gasteiger partial charge >= 0.3 is 0 Å². The number of nitrogens with zero attached hydrogens (tertiary/aromatic N) is 1. The Labute approximate surface area is 140 Å². The number of rotatable bonds is 9. The SMILES string of the molecule is CCCN(CCC)C(=O)C(NC(=O)Cc1ccccc1)C(C)C. The lowest BCUT2D eigenvalue weighted by atomic mass is 10.0. The number of nitrogens with one attached hydrogen (secondary N) is 1. The molecule has 4 heteroatoms. The maximum absolute atomic E-state index is 12.8. The highest BCUT2D eigenvalue weighted by Crippen LogP contribution is 2.09. The molecule has 0 aliphatic carbocycles. The lowest BCUT2D eigenvalue weighted by Gasteiger charge is -2.29. The van der Waals surface area contributed by atoms with Crippen molar-refractivity contribution in [3.05, 3.63) is 35.9 Å². The third-order valence-corrected chi connectivity index (χ3v) is 3.76. The van der Waals surface area contributed by atoms with Crippen molar-refractivity contribution in [1.82, 2.24) is 10.2 Å². The van der Waals surface area contributed by atoms with Crippen LogP contribution in [0.4, 0.5) is 0 Å². The summed E-state index contributed by atoms with van der Waals surface area (Å²) in [5, 5.41) is 2.93. The zero-order valence-corrected chi connectivity index (χ0v) is 14.8. The number of benzene rings is 1. The van der Waals surface area contributed by atoms with Gasteiger partial charge in [0, 0.05) is 13.1 Å². The number of hydrogen-bond donors (Lipinski definition) is 1. The molecular formula is C19H30N2O2. The van der Waals surface area contributed by atoms with Crippen LogP contribution in [0.1, 0.15) is 46.1 Å². The molecule has 2 amide bonds. The van der Waals surface area contributed by atoms with Gasteiger partial charge < -0.3 is 10.2 Å². The lowest BCUT2D eigenvalue weighted by molar-refractivity contribution is -0.137. The summed E-state index contributed by atoms with van der Waals surface area (Å²) in [7, 11) is 0. The summed E-state index contributed by atoms with van der Waals surface area (Å²) >= 11 is 0. The standard InChI is InChI=1S/C19H30N2O2/c1-5-12-21(13-6-2)19(23)18(15(3)4)20-17(22)14-16-10-8-7-9-11-16/h7-11,15,18H,5-6,12-14H2,1-4H3,(H,20,22). The molecule has 0 heterocycles. The van der Waals surface area contributed by atoms with E-state index in [2.05, 4.69) is 19.2 Å². The van der Waals surface area contributed by atoms with Gasteiger partial charge in [-0.3, -0.25) is 9.59 Å². The van der Waals surface area contributed by atoms with Gasteiger partial charge in [-0.25, -0.2) is 0 Å². The Morgan fingerprint density at radius 2 is 1.61 bits per heavy atom. The molecule has 4 nitrogen and oxygen atoms in total. The Morgan fingerprint density at radius 3 is 2.09 bits per heavy atom. The molecule has 0 aromatic heterocycles. The molecule has 0 bridgehead atoms. The van der Waals surface area contributed by atoms with Crippen molar-refractivity contribution in [1.29, 1.82) is 0 Å². The highest BCUT2D eigenvalue weighted by atomic mass is 16.2. The zero-order valence-electron chi connectivity index (χ0n) is 14.8. The van der Waals surface area contributed by atoms with Crippen molar-refractivity contribution in [2.75, 3.05) is 13.1 Å². The van der Waals surface area contributed by atoms with E-state index < -0.39 is 6.04 Å². The van der Waals surface area contributed by atoms with Crippen molar-refractivity contribution in [3.8, 4) is 0 Å². The molecule has 1 rings (SSSR count). The molecule has 0 aliphatic heterocycles. The molecule has 1 aromatic carbocycles. The van der Waals surface area contributed by atoms with Gasteiger partial charge in [0.15, 0.2) is 0 Å². The third-order valence-electron chi connectivity index (χ3n) is 3.76. The van der Waals surface area contributed by atoms with E-state index in [0.29, 0.717) is 6.42 Å². The summed E-state index contributed by atoms with van der Waals surface area (Å²) in [6.45, 7) is 9.56. The highest BCUT2D eigenvalue weighted by Gasteiger charge is 2.27. The molecule has 0 aliphatic rings. The molecule has 1 N–H and O–H groups in total. The number of carbonyl (C=O) groups is 2. The second-order valence-electron chi connectivity index (χ2n) is 6.28. The fourth-order valence-electron chi connectivity index (χ4n) is 2.59. The minimum absolute atomic E-state index is 0.0325. The highest BCUT2D eigenvalue weighted by molar-refractivity contribution is 5.88. The Balaban J connectivity index is 2.73. The molecule has 0 saturated carbocycles. The van der Waals surface area contributed by atoms with Crippen LogP contribution in [0.3, 0.4) is 0 Å². The number of hydrogen-bond acceptors (Lipinski definition) is 2. The number of carbonyl (C=O) groups excluding carboxylic acids is 2. The molecule has 128 valence electrons. The van der Waals surface area contributed by atoms with E-state index in [-0.39, 0.29) is 17.7 Å². The Hall–Kier alpha value is -1.84. The Kier molecular flexibility index (Phi) is 8.38. The van der Waals surface area contributed by atoms with E-state index >= 15 is 0 Å². The van der Waals surface area contributed by atoms with Gasteiger partial charge in [-0.2, -0.15) is 0 Å². The molecule has 1 aromatic rings. The first-order valence-electron chi connectivity index (χ1n) is 8.61. The first-order valence-corrected chi connectivity index (χ1v) is 8.61. The molecule has 0 fully saturated rings. The molecule has 0 spiro atoms. The number of amides is 2. The second kappa shape index (κ2) is 10.0. The minimum Gasteiger partial charge on any atom is -0.344 e. The van der Waals surface area contributed by atoms with Crippen LogP contribution in [0.2, 0.25) is 0 Å². The zero-order chi connectivity index (χ0) is 17.2. The first-order chi connectivity index (χ1) is 11.0. The summed E-state index contributed by atoms with van der Waals surface area (Å²) < 4.78 is 0.